The highest BCUT2D eigenvalue weighted by Crippen LogP contribution is 2.24. The number of aryl methyl sites for hydroxylation is 1. The van der Waals surface area contributed by atoms with E-state index in [1.54, 1.807) is 0 Å². The topological polar surface area (TPSA) is 46.1 Å². The van der Waals surface area contributed by atoms with Gasteiger partial charge < -0.3 is 15.2 Å². The molecule has 106 valence electrons. The molecule has 19 heavy (non-hydrogen) atoms. The van der Waals surface area contributed by atoms with Crippen molar-refractivity contribution in [2.75, 3.05) is 19.6 Å². The summed E-state index contributed by atoms with van der Waals surface area (Å²) in [5.41, 5.74) is 0.963. The fraction of sp³-hybridized carbons (Fsp3) is 0.667. The van der Waals surface area contributed by atoms with E-state index in [1.165, 1.54) is 12.8 Å². The number of aromatic nitrogens is 1. The first-order valence-corrected chi connectivity index (χ1v) is 7.29. The summed E-state index contributed by atoms with van der Waals surface area (Å²) in [5, 5.41) is 6.50. The summed E-state index contributed by atoms with van der Waals surface area (Å²) in [7, 11) is 0. The van der Waals surface area contributed by atoms with Crippen LogP contribution in [-0.4, -0.2) is 30.1 Å². The van der Waals surface area contributed by atoms with Crippen molar-refractivity contribution in [3.8, 4) is 0 Å². The molecule has 1 atom stereocenters. The highest BCUT2D eigenvalue weighted by atomic mass is 16.1. The van der Waals surface area contributed by atoms with Crippen LogP contribution in [0.5, 0.6) is 0 Å². The molecule has 1 aliphatic heterocycles. The van der Waals surface area contributed by atoms with E-state index in [0.29, 0.717) is 0 Å². The number of carbonyl (C=O) groups is 1. The first-order chi connectivity index (χ1) is 9.14. The molecule has 1 aromatic heterocycles. The molecular weight excluding hydrogens is 238 g/mol. The van der Waals surface area contributed by atoms with E-state index >= 15 is 0 Å². The molecule has 4 nitrogen and oxygen atoms in total. The molecule has 2 heterocycles. The normalized spacial score (nSPS) is 23.3. The third-order valence-corrected chi connectivity index (χ3v) is 3.89. The van der Waals surface area contributed by atoms with Crippen molar-refractivity contribution in [1.82, 2.24) is 15.2 Å². The van der Waals surface area contributed by atoms with Gasteiger partial charge in [-0.05, 0) is 43.4 Å². The maximum absolute atomic E-state index is 12.2. The zero-order valence-electron chi connectivity index (χ0n) is 12.0. The van der Waals surface area contributed by atoms with Crippen molar-refractivity contribution >= 4 is 5.91 Å². The van der Waals surface area contributed by atoms with E-state index in [1.807, 2.05) is 22.9 Å². The van der Waals surface area contributed by atoms with Crippen LogP contribution in [0.4, 0.5) is 0 Å². The van der Waals surface area contributed by atoms with Crippen LogP contribution >= 0.6 is 0 Å². The first-order valence-electron chi connectivity index (χ1n) is 7.29. The summed E-state index contributed by atoms with van der Waals surface area (Å²) in [6.45, 7) is 8.10. The van der Waals surface area contributed by atoms with Crippen LogP contribution in [0.3, 0.4) is 0 Å². The predicted octanol–water partition coefficient (Wildman–Crippen LogP) is 2.02. The van der Waals surface area contributed by atoms with Crippen LogP contribution < -0.4 is 10.6 Å². The molecule has 2 N–H and O–H groups in total. The average Bonchev–Trinajstić information content (AvgIpc) is 2.86. The molecular formula is C15H25N3O. The lowest BCUT2D eigenvalue weighted by molar-refractivity contribution is 0.0915. The molecule has 1 aliphatic rings. The van der Waals surface area contributed by atoms with E-state index < -0.39 is 0 Å². The molecule has 1 unspecified atom stereocenters. The quantitative estimate of drug-likeness (QED) is 0.853. The maximum Gasteiger partial charge on any atom is 0.267 e. The average molecular weight is 263 g/mol. The molecule has 1 fully saturated rings. The Balaban J connectivity index is 1.91. The van der Waals surface area contributed by atoms with Crippen molar-refractivity contribution in [3.63, 3.8) is 0 Å². The molecule has 0 aromatic carbocycles. The van der Waals surface area contributed by atoms with Crippen molar-refractivity contribution < 1.29 is 4.79 Å². The second-order valence-corrected chi connectivity index (χ2v) is 5.86. The zero-order chi connectivity index (χ0) is 13.7. The van der Waals surface area contributed by atoms with Gasteiger partial charge in [-0.2, -0.15) is 0 Å². The van der Waals surface area contributed by atoms with Gasteiger partial charge >= 0.3 is 0 Å². The Hall–Kier alpha value is -1.29. The Morgan fingerprint density at radius 1 is 1.58 bits per heavy atom. The molecule has 1 amide bonds. The number of hydrogen-bond donors (Lipinski definition) is 2. The van der Waals surface area contributed by atoms with Gasteiger partial charge in [0.1, 0.15) is 5.69 Å². The number of amides is 1. The Kier molecular flexibility index (Phi) is 4.64. The van der Waals surface area contributed by atoms with Gasteiger partial charge in [0.25, 0.3) is 5.91 Å². The van der Waals surface area contributed by atoms with E-state index in [4.69, 9.17) is 0 Å². The first kappa shape index (κ1) is 14.1. The van der Waals surface area contributed by atoms with Gasteiger partial charge in [0.15, 0.2) is 0 Å². The third kappa shape index (κ3) is 3.60. The van der Waals surface area contributed by atoms with Gasteiger partial charge in [-0.1, -0.05) is 13.8 Å². The summed E-state index contributed by atoms with van der Waals surface area (Å²) in [4.78, 5) is 12.2. The molecule has 0 aliphatic carbocycles. The lowest BCUT2D eigenvalue weighted by atomic mass is 9.83. The molecule has 1 saturated heterocycles. The Bertz CT molecular complexity index is 419. The van der Waals surface area contributed by atoms with Gasteiger partial charge in [0.05, 0.1) is 0 Å². The summed E-state index contributed by atoms with van der Waals surface area (Å²) >= 11 is 0. The minimum Gasteiger partial charge on any atom is -0.350 e. The van der Waals surface area contributed by atoms with Crippen LogP contribution in [0, 0.1) is 5.41 Å². The summed E-state index contributed by atoms with van der Waals surface area (Å²) in [6.07, 6.45) is 5.38. The second-order valence-electron chi connectivity index (χ2n) is 5.86. The van der Waals surface area contributed by atoms with E-state index in [2.05, 4.69) is 24.5 Å². The van der Waals surface area contributed by atoms with Gasteiger partial charge in [-0.3, -0.25) is 4.79 Å². The number of piperidine rings is 1. The van der Waals surface area contributed by atoms with Crippen LogP contribution in [-0.2, 0) is 6.54 Å². The van der Waals surface area contributed by atoms with E-state index in [9.17, 15) is 4.79 Å². The summed E-state index contributed by atoms with van der Waals surface area (Å²) in [5.74, 6) is 0.0465. The number of nitrogens with one attached hydrogen (secondary N) is 2. The van der Waals surface area contributed by atoms with Crippen LogP contribution in [0.1, 0.15) is 43.6 Å². The van der Waals surface area contributed by atoms with Crippen molar-refractivity contribution in [2.45, 2.75) is 39.7 Å². The highest BCUT2D eigenvalue weighted by Gasteiger charge is 2.27. The smallest absolute Gasteiger partial charge is 0.267 e. The summed E-state index contributed by atoms with van der Waals surface area (Å²) < 4.78 is 2.02. The van der Waals surface area contributed by atoms with Crippen molar-refractivity contribution in [2.24, 2.45) is 5.41 Å². The second kappa shape index (κ2) is 6.24. The van der Waals surface area contributed by atoms with Crippen molar-refractivity contribution in [3.05, 3.63) is 24.0 Å². The number of hydrogen-bond acceptors (Lipinski definition) is 2. The van der Waals surface area contributed by atoms with Crippen LogP contribution in [0.25, 0.3) is 0 Å². The van der Waals surface area contributed by atoms with Crippen LogP contribution in [0.15, 0.2) is 18.3 Å². The van der Waals surface area contributed by atoms with Crippen molar-refractivity contribution in [1.29, 1.82) is 0 Å². The molecule has 2 rings (SSSR count). The third-order valence-electron chi connectivity index (χ3n) is 3.89. The number of nitrogens with zero attached hydrogens (tertiary/aromatic N) is 1. The molecule has 1 aromatic rings. The fourth-order valence-corrected chi connectivity index (χ4v) is 2.71. The van der Waals surface area contributed by atoms with Gasteiger partial charge in [0, 0.05) is 25.8 Å². The fourth-order valence-electron chi connectivity index (χ4n) is 2.71. The maximum atomic E-state index is 12.2. The zero-order valence-corrected chi connectivity index (χ0v) is 12.0. The minimum absolute atomic E-state index is 0.0465. The monoisotopic (exact) mass is 263 g/mol. The van der Waals surface area contributed by atoms with Gasteiger partial charge in [-0.15, -0.1) is 0 Å². The predicted molar refractivity (Wildman–Crippen MR) is 77.3 cm³/mol. The lowest BCUT2D eigenvalue weighted by Gasteiger charge is -2.34. The standard InChI is InChI=1S/C15H25N3O/c1-3-9-18-10-4-6-13(18)14(19)17-12-15(2)7-5-8-16-11-15/h4,6,10,16H,3,5,7-9,11-12H2,1-2H3,(H,17,19). The van der Waals surface area contributed by atoms with E-state index in [-0.39, 0.29) is 11.3 Å². The Morgan fingerprint density at radius 3 is 3.11 bits per heavy atom. The molecule has 0 spiro atoms. The van der Waals surface area contributed by atoms with Crippen LogP contribution in [0.2, 0.25) is 0 Å². The Labute approximate surface area is 115 Å². The summed E-state index contributed by atoms with van der Waals surface area (Å²) in [6, 6.07) is 3.83. The lowest BCUT2D eigenvalue weighted by Crippen LogP contribution is -2.45. The molecule has 0 saturated carbocycles. The number of rotatable bonds is 5. The SMILES string of the molecule is CCCn1cccc1C(=O)NCC1(C)CCCNC1. The van der Waals surface area contributed by atoms with Gasteiger partial charge in [0.2, 0.25) is 0 Å². The number of carbonyl (C=O) groups excluding carboxylic acids is 1. The largest absolute Gasteiger partial charge is 0.350 e. The van der Waals surface area contributed by atoms with E-state index in [0.717, 1.165) is 38.3 Å². The molecule has 4 heteroatoms. The Morgan fingerprint density at radius 2 is 2.42 bits per heavy atom. The highest BCUT2D eigenvalue weighted by molar-refractivity contribution is 5.92. The molecule has 0 radical (unpaired) electrons. The molecule has 0 bridgehead atoms. The van der Waals surface area contributed by atoms with Gasteiger partial charge in [-0.25, -0.2) is 0 Å². The minimum atomic E-state index is 0.0465.